The van der Waals surface area contributed by atoms with Gasteiger partial charge in [0, 0.05) is 37.3 Å². The lowest BCUT2D eigenvalue weighted by Gasteiger charge is -2.36. The van der Waals surface area contributed by atoms with Crippen molar-refractivity contribution in [2.24, 2.45) is 0 Å². The Balaban J connectivity index is 1.45. The van der Waals surface area contributed by atoms with Crippen LogP contribution in [-0.2, 0) is 11.2 Å². The van der Waals surface area contributed by atoms with Crippen LogP contribution in [0.5, 0.6) is 0 Å². The summed E-state index contributed by atoms with van der Waals surface area (Å²) in [5.74, 6) is 0.915. The smallest absolute Gasteiger partial charge is 0.266 e. The zero-order valence-electron chi connectivity index (χ0n) is 15.6. The van der Waals surface area contributed by atoms with E-state index in [1.165, 1.54) is 11.3 Å². The van der Waals surface area contributed by atoms with Gasteiger partial charge in [-0.05, 0) is 26.7 Å². The number of thiazole rings is 1. The second-order valence-corrected chi connectivity index (χ2v) is 8.69. The first-order valence-electron chi connectivity index (χ1n) is 9.57. The number of aryl methyl sites for hydroxylation is 2. The van der Waals surface area contributed by atoms with Crippen LogP contribution in [0.3, 0.4) is 0 Å². The van der Waals surface area contributed by atoms with Gasteiger partial charge in [-0.3, -0.25) is 4.79 Å². The maximum absolute atomic E-state index is 13.3. The molecule has 3 aliphatic rings. The predicted molar refractivity (Wildman–Crippen MR) is 102 cm³/mol. The van der Waals surface area contributed by atoms with Gasteiger partial charge in [-0.2, -0.15) is 0 Å². The van der Waals surface area contributed by atoms with E-state index in [9.17, 15) is 4.79 Å². The van der Waals surface area contributed by atoms with Crippen LogP contribution in [0, 0.1) is 13.8 Å². The van der Waals surface area contributed by atoms with Crippen LogP contribution in [0.15, 0.2) is 6.20 Å². The fourth-order valence-electron chi connectivity index (χ4n) is 4.54. The molecule has 0 radical (unpaired) electrons. The summed E-state index contributed by atoms with van der Waals surface area (Å²) in [5, 5.41) is 0.944. The van der Waals surface area contributed by atoms with Crippen molar-refractivity contribution in [2.45, 2.75) is 45.2 Å². The third-order valence-corrected chi connectivity index (χ3v) is 6.86. The largest absolute Gasteiger partial charge is 0.378 e. The van der Waals surface area contributed by atoms with E-state index >= 15 is 0 Å². The predicted octanol–water partition coefficient (Wildman–Crippen LogP) is 2.29. The summed E-state index contributed by atoms with van der Waals surface area (Å²) < 4.78 is 5.43. The molecule has 2 bridgehead atoms. The van der Waals surface area contributed by atoms with Gasteiger partial charge in [-0.15, -0.1) is 11.3 Å². The van der Waals surface area contributed by atoms with Gasteiger partial charge in [0.25, 0.3) is 5.91 Å². The molecule has 0 saturated carbocycles. The molecule has 2 aromatic heterocycles. The Bertz CT molecular complexity index is 892. The highest BCUT2D eigenvalue weighted by Gasteiger charge is 2.44. The second-order valence-electron chi connectivity index (χ2n) is 7.48. The number of hydrogen-bond acceptors (Lipinski definition) is 7. The Morgan fingerprint density at radius 2 is 2.04 bits per heavy atom. The Morgan fingerprint density at radius 3 is 2.78 bits per heavy atom. The molecule has 3 aliphatic heterocycles. The van der Waals surface area contributed by atoms with Crippen LogP contribution < -0.4 is 4.90 Å². The lowest BCUT2D eigenvalue weighted by atomic mass is 9.99. The van der Waals surface area contributed by atoms with Crippen LogP contribution >= 0.6 is 11.3 Å². The molecule has 27 heavy (non-hydrogen) atoms. The molecule has 0 unspecified atom stereocenters. The lowest BCUT2D eigenvalue weighted by molar-refractivity contribution is 0.0648. The third-order valence-electron chi connectivity index (χ3n) is 5.80. The summed E-state index contributed by atoms with van der Waals surface area (Å²) in [4.78, 5) is 32.2. The number of morpholine rings is 1. The molecule has 2 atom stereocenters. The van der Waals surface area contributed by atoms with E-state index in [0.29, 0.717) is 0 Å². The number of rotatable bonds is 2. The van der Waals surface area contributed by atoms with Crippen LogP contribution in [0.4, 0.5) is 5.95 Å². The average Bonchev–Trinajstić information content (AvgIpc) is 3.19. The highest BCUT2D eigenvalue weighted by molar-refractivity contribution is 7.13. The first-order chi connectivity index (χ1) is 13.1. The molecule has 142 valence electrons. The number of fused-ring (bicyclic) bond motifs is 4. The first kappa shape index (κ1) is 17.1. The van der Waals surface area contributed by atoms with E-state index in [1.54, 1.807) is 0 Å². The molecule has 5 rings (SSSR count). The topological polar surface area (TPSA) is 71.5 Å². The highest BCUT2D eigenvalue weighted by atomic mass is 32.1. The normalized spacial score (nSPS) is 24.2. The minimum Gasteiger partial charge on any atom is -0.378 e. The SMILES string of the molecule is Cc1nc(C)c(C(=O)N2[C@@H]3CC[C@H]2c2cnc(N4CCOCC4)nc2C3)s1. The van der Waals surface area contributed by atoms with Crippen molar-refractivity contribution in [1.29, 1.82) is 0 Å². The molecule has 2 aromatic rings. The molecular weight excluding hydrogens is 362 g/mol. The Kier molecular flexibility index (Phi) is 4.12. The number of ether oxygens (including phenoxy) is 1. The summed E-state index contributed by atoms with van der Waals surface area (Å²) in [6.45, 7) is 6.99. The van der Waals surface area contributed by atoms with Gasteiger partial charge in [0.05, 0.1) is 35.7 Å². The maximum Gasteiger partial charge on any atom is 0.266 e. The van der Waals surface area contributed by atoms with E-state index in [4.69, 9.17) is 9.72 Å². The minimum absolute atomic E-state index is 0.0896. The van der Waals surface area contributed by atoms with Gasteiger partial charge in [0.1, 0.15) is 4.88 Å². The highest BCUT2D eigenvalue weighted by Crippen LogP contribution is 2.44. The first-order valence-corrected chi connectivity index (χ1v) is 10.4. The van der Waals surface area contributed by atoms with Crippen molar-refractivity contribution in [2.75, 3.05) is 31.2 Å². The molecule has 8 heteroatoms. The maximum atomic E-state index is 13.3. The van der Waals surface area contributed by atoms with Crippen molar-refractivity contribution in [3.05, 3.63) is 33.0 Å². The number of nitrogens with zero attached hydrogens (tertiary/aromatic N) is 5. The summed E-state index contributed by atoms with van der Waals surface area (Å²) in [6, 6.07) is 0.316. The van der Waals surface area contributed by atoms with Crippen LogP contribution in [0.1, 0.15) is 50.5 Å². The zero-order chi connectivity index (χ0) is 18.5. The van der Waals surface area contributed by atoms with Crippen LogP contribution in [-0.4, -0.2) is 58.1 Å². The third kappa shape index (κ3) is 2.82. The quantitative estimate of drug-likeness (QED) is 0.790. The monoisotopic (exact) mass is 385 g/mol. The molecule has 7 nitrogen and oxygen atoms in total. The Labute approximate surface area is 162 Å². The standard InChI is InChI=1S/C19H23N5O2S/c1-11-17(27-12(2)21-11)18(25)24-13-3-4-16(24)14-10-20-19(22-15(14)9-13)23-5-7-26-8-6-23/h10,13,16H,3-9H2,1-2H3/t13-,16+/m1/s1. The van der Waals surface area contributed by atoms with Crippen molar-refractivity contribution in [1.82, 2.24) is 19.9 Å². The molecular formula is C19H23N5O2S. The van der Waals surface area contributed by atoms with E-state index in [2.05, 4.69) is 19.8 Å². The Morgan fingerprint density at radius 1 is 1.22 bits per heavy atom. The fraction of sp³-hybridized carbons (Fsp3) is 0.579. The number of anilines is 1. The summed E-state index contributed by atoms with van der Waals surface area (Å²) >= 11 is 1.50. The minimum atomic E-state index is 0.0896. The number of hydrogen-bond donors (Lipinski definition) is 0. The molecule has 0 aliphatic carbocycles. The molecule has 2 saturated heterocycles. The summed E-state index contributed by atoms with van der Waals surface area (Å²) in [7, 11) is 0. The molecule has 0 spiro atoms. The van der Waals surface area contributed by atoms with Crippen LogP contribution in [0.25, 0.3) is 0 Å². The van der Waals surface area contributed by atoms with E-state index in [-0.39, 0.29) is 18.0 Å². The van der Waals surface area contributed by atoms with E-state index < -0.39 is 0 Å². The Hall–Kier alpha value is -2.06. The summed E-state index contributed by atoms with van der Waals surface area (Å²) in [5.41, 5.74) is 3.07. The van der Waals surface area contributed by atoms with Crippen molar-refractivity contribution in [3.8, 4) is 0 Å². The van der Waals surface area contributed by atoms with Crippen LogP contribution in [0.2, 0.25) is 0 Å². The molecule has 5 heterocycles. The zero-order valence-corrected chi connectivity index (χ0v) is 16.5. The molecule has 0 N–H and O–H groups in total. The second kappa shape index (κ2) is 6.53. The number of carbonyl (C=O) groups is 1. The number of aromatic nitrogens is 3. The van der Waals surface area contributed by atoms with Crippen molar-refractivity contribution in [3.63, 3.8) is 0 Å². The lowest BCUT2D eigenvalue weighted by Crippen LogP contribution is -2.43. The molecule has 0 aromatic carbocycles. The van der Waals surface area contributed by atoms with Gasteiger partial charge in [0.15, 0.2) is 0 Å². The van der Waals surface area contributed by atoms with Gasteiger partial charge in [0.2, 0.25) is 5.95 Å². The van der Waals surface area contributed by atoms with Gasteiger partial charge >= 0.3 is 0 Å². The van der Waals surface area contributed by atoms with Gasteiger partial charge < -0.3 is 14.5 Å². The van der Waals surface area contributed by atoms with Crippen molar-refractivity contribution < 1.29 is 9.53 Å². The average molecular weight is 385 g/mol. The van der Waals surface area contributed by atoms with Crippen molar-refractivity contribution >= 4 is 23.2 Å². The van der Waals surface area contributed by atoms with Gasteiger partial charge in [-0.25, -0.2) is 15.0 Å². The summed E-state index contributed by atoms with van der Waals surface area (Å²) in [6.07, 6.45) is 4.77. The van der Waals surface area contributed by atoms with Gasteiger partial charge in [-0.1, -0.05) is 0 Å². The van der Waals surface area contributed by atoms with E-state index in [1.807, 2.05) is 20.0 Å². The molecule has 2 fully saturated rings. The number of carbonyl (C=O) groups excluding carboxylic acids is 1. The fourth-order valence-corrected chi connectivity index (χ4v) is 5.40. The number of amides is 1. The molecule has 1 amide bonds. The van der Waals surface area contributed by atoms with E-state index in [0.717, 1.165) is 78.4 Å².